The van der Waals surface area contributed by atoms with Gasteiger partial charge in [-0.15, -0.1) is 0 Å². The molecule has 1 aliphatic rings. The minimum Gasteiger partial charge on any atom is -0.462 e. The number of benzene rings is 2. The molecular weight excluding hydrogens is 262 g/mol. The number of carbonyl (C=O) groups excluding carboxylic acids is 1. The Hall–Kier alpha value is -2.29. The number of aryl methyl sites for hydroxylation is 1. The van der Waals surface area contributed by atoms with Crippen LogP contribution in [-0.2, 0) is 17.6 Å². The summed E-state index contributed by atoms with van der Waals surface area (Å²) in [6.07, 6.45) is 2.69. The van der Waals surface area contributed by atoms with E-state index in [9.17, 15) is 4.79 Å². The molecule has 2 aromatic carbocycles. The maximum Gasteiger partial charge on any atom is 0.338 e. The Balaban J connectivity index is 1.48. The van der Waals surface area contributed by atoms with E-state index in [-0.39, 0.29) is 5.97 Å². The molecule has 3 rings (SSSR count). The molecule has 3 nitrogen and oxygen atoms in total. The van der Waals surface area contributed by atoms with Gasteiger partial charge in [0.15, 0.2) is 0 Å². The molecule has 2 aromatic rings. The normalized spacial score (nSPS) is 12.6. The van der Waals surface area contributed by atoms with Gasteiger partial charge in [-0.05, 0) is 48.6 Å². The smallest absolute Gasteiger partial charge is 0.338 e. The van der Waals surface area contributed by atoms with Crippen LogP contribution in [0, 0.1) is 0 Å². The van der Waals surface area contributed by atoms with Crippen LogP contribution in [0.4, 0.5) is 5.69 Å². The van der Waals surface area contributed by atoms with Crippen molar-refractivity contribution >= 4 is 11.7 Å². The van der Waals surface area contributed by atoms with Crippen LogP contribution in [0.2, 0.25) is 0 Å². The number of fused-ring (bicyclic) bond motifs is 1. The molecule has 107 valence electrons. The summed E-state index contributed by atoms with van der Waals surface area (Å²) in [6, 6.07) is 15.8. The second-order valence-electron chi connectivity index (χ2n) is 5.20. The first-order chi connectivity index (χ1) is 10.3. The van der Waals surface area contributed by atoms with Crippen molar-refractivity contribution < 1.29 is 9.53 Å². The second kappa shape index (κ2) is 6.44. The van der Waals surface area contributed by atoms with Gasteiger partial charge in [0.05, 0.1) is 17.9 Å². The molecule has 0 saturated heterocycles. The fraction of sp³-hybridized carbons (Fsp3) is 0.278. The van der Waals surface area contributed by atoms with E-state index >= 15 is 0 Å². The Morgan fingerprint density at radius 1 is 1.14 bits per heavy atom. The fourth-order valence-corrected chi connectivity index (χ4v) is 2.53. The average Bonchev–Trinajstić information content (AvgIpc) is 3.00. The quantitative estimate of drug-likeness (QED) is 0.623. The maximum atomic E-state index is 12.0. The molecule has 0 N–H and O–H groups in total. The lowest BCUT2D eigenvalue weighted by atomic mass is 10.1. The molecule has 0 amide bonds. The number of hydrogen-bond donors (Lipinski definition) is 0. The molecule has 0 unspecified atom stereocenters. The van der Waals surface area contributed by atoms with Gasteiger partial charge in [-0.3, -0.25) is 5.32 Å². The molecule has 0 saturated carbocycles. The Morgan fingerprint density at radius 3 is 2.86 bits per heavy atom. The zero-order chi connectivity index (χ0) is 14.5. The summed E-state index contributed by atoms with van der Waals surface area (Å²) >= 11 is 0. The van der Waals surface area contributed by atoms with E-state index in [0.717, 1.165) is 37.1 Å². The monoisotopic (exact) mass is 280 g/mol. The summed E-state index contributed by atoms with van der Waals surface area (Å²) in [4.78, 5) is 12.0. The van der Waals surface area contributed by atoms with Crippen LogP contribution in [0.3, 0.4) is 0 Å². The predicted octanol–water partition coefficient (Wildman–Crippen LogP) is 3.27. The number of carbonyl (C=O) groups is 1. The molecule has 0 spiro atoms. The first kappa shape index (κ1) is 13.7. The van der Waals surface area contributed by atoms with Crippen molar-refractivity contribution in [1.82, 2.24) is 5.32 Å². The van der Waals surface area contributed by atoms with Crippen molar-refractivity contribution in [3.63, 3.8) is 0 Å². The second-order valence-corrected chi connectivity index (χ2v) is 5.20. The third kappa shape index (κ3) is 3.43. The van der Waals surface area contributed by atoms with Gasteiger partial charge in [0.2, 0.25) is 0 Å². The van der Waals surface area contributed by atoms with Gasteiger partial charge in [0.25, 0.3) is 0 Å². The molecule has 1 radical (unpaired) electrons. The van der Waals surface area contributed by atoms with E-state index in [1.807, 2.05) is 30.3 Å². The van der Waals surface area contributed by atoms with E-state index in [4.69, 9.17) is 4.74 Å². The van der Waals surface area contributed by atoms with Gasteiger partial charge in [0, 0.05) is 6.54 Å². The molecule has 3 heteroatoms. The van der Waals surface area contributed by atoms with E-state index in [2.05, 4.69) is 17.4 Å². The van der Waals surface area contributed by atoms with Crippen LogP contribution in [0.1, 0.15) is 27.9 Å². The number of hydrogen-bond acceptors (Lipinski definition) is 2. The average molecular weight is 280 g/mol. The van der Waals surface area contributed by atoms with Crippen LogP contribution in [0.25, 0.3) is 0 Å². The van der Waals surface area contributed by atoms with Gasteiger partial charge in [-0.25, -0.2) is 4.79 Å². The van der Waals surface area contributed by atoms with Crippen molar-refractivity contribution in [3.8, 4) is 0 Å². The van der Waals surface area contributed by atoms with Gasteiger partial charge in [-0.2, -0.15) is 0 Å². The first-order valence-electron chi connectivity index (χ1n) is 7.34. The van der Waals surface area contributed by atoms with Crippen molar-refractivity contribution in [1.29, 1.82) is 0 Å². The van der Waals surface area contributed by atoms with E-state index < -0.39 is 0 Å². The summed E-state index contributed by atoms with van der Waals surface area (Å²) < 4.78 is 5.34. The van der Waals surface area contributed by atoms with Gasteiger partial charge >= 0.3 is 5.97 Å². The number of nitrogens with zero attached hydrogens (tertiary/aromatic N) is 1. The van der Waals surface area contributed by atoms with E-state index in [0.29, 0.717) is 12.2 Å². The number of ether oxygens (including phenoxy) is 1. The van der Waals surface area contributed by atoms with Crippen LogP contribution < -0.4 is 5.32 Å². The van der Waals surface area contributed by atoms with E-state index in [1.54, 1.807) is 6.07 Å². The highest BCUT2D eigenvalue weighted by Gasteiger charge is 2.15. The summed E-state index contributed by atoms with van der Waals surface area (Å²) in [7, 11) is 0. The van der Waals surface area contributed by atoms with Crippen LogP contribution in [0.5, 0.6) is 0 Å². The lowest BCUT2D eigenvalue weighted by Crippen LogP contribution is -2.07. The minimum absolute atomic E-state index is 0.238. The number of esters is 1. The Kier molecular flexibility index (Phi) is 4.20. The highest BCUT2D eigenvalue weighted by molar-refractivity contribution is 5.90. The van der Waals surface area contributed by atoms with Crippen molar-refractivity contribution in [2.24, 2.45) is 0 Å². The Bertz CT molecular complexity index is 622. The van der Waals surface area contributed by atoms with Crippen LogP contribution in [0.15, 0.2) is 48.5 Å². The molecular formula is C18H18NO2. The fourth-order valence-electron chi connectivity index (χ4n) is 2.53. The molecule has 1 aliphatic heterocycles. The predicted molar refractivity (Wildman–Crippen MR) is 81.9 cm³/mol. The summed E-state index contributed by atoms with van der Waals surface area (Å²) in [5, 5.41) is 4.36. The zero-order valence-electron chi connectivity index (χ0n) is 11.9. The van der Waals surface area contributed by atoms with Crippen LogP contribution >= 0.6 is 0 Å². The molecule has 0 fully saturated rings. The third-order valence-corrected chi connectivity index (χ3v) is 3.66. The lowest BCUT2D eigenvalue weighted by Gasteiger charge is -2.06. The Morgan fingerprint density at radius 2 is 2.00 bits per heavy atom. The molecule has 0 bridgehead atoms. The molecule has 0 aromatic heterocycles. The Labute approximate surface area is 124 Å². The highest BCUT2D eigenvalue weighted by Crippen LogP contribution is 2.23. The molecule has 0 atom stereocenters. The molecule has 21 heavy (non-hydrogen) atoms. The maximum absolute atomic E-state index is 12.0. The first-order valence-corrected chi connectivity index (χ1v) is 7.34. The van der Waals surface area contributed by atoms with Crippen molar-refractivity contribution in [3.05, 3.63) is 65.2 Å². The summed E-state index contributed by atoms with van der Waals surface area (Å²) in [5.74, 6) is -0.238. The van der Waals surface area contributed by atoms with Crippen LogP contribution in [-0.4, -0.2) is 19.1 Å². The van der Waals surface area contributed by atoms with Gasteiger partial charge < -0.3 is 4.74 Å². The third-order valence-electron chi connectivity index (χ3n) is 3.66. The summed E-state index contributed by atoms with van der Waals surface area (Å²) in [6.45, 7) is 1.28. The van der Waals surface area contributed by atoms with Gasteiger partial charge in [-0.1, -0.05) is 30.3 Å². The zero-order valence-corrected chi connectivity index (χ0v) is 11.9. The van der Waals surface area contributed by atoms with E-state index in [1.165, 1.54) is 5.56 Å². The number of rotatable bonds is 5. The van der Waals surface area contributed by atoms with Crippen molar-refractivity contribution in [2.45, 2.75) is 19.3 Å². The highest BCUT2D eigenvalue weighted by atomic mass is 16.5. The minimum atomic E-state index is -0.238. The van der Waals surface area contributed by atoms with Gasteiger partial charge in [0.1, 0.15) is 0 Å². The van der Waals surface area contributed by atoms with Crippen molar-refractivity contribution in [2.75, 3.05) is 13.2 Å². The topological polar surface area (TPSA) is 40.4 Å². The molecule has 0 aliphatic carbocycles. The molecule has 1 heterocycles. The largest absolute Gasteiger partial charge is 0.462 e. The summed E-state index contributed by atoms with van der Waals surface area (Å²) in [5.41, 5.74) is 4.06. The standard InChI is InChI=1S/C18H18NO2/c20-18(16-8-9-17-15(13-16)10-11-19-17)21-12-4-7-14-5-2-1-3-6-14/h1-3,5-6,8-9,13H,4,7,10-12H2. The SMILES string of the molecule is O=C(OCCCc1ccccc1)c1ccc2c(c1)CC[N]2. The lowest BCUT2D eigenvalue weighted by molar-refractivity contribution is 0.0500.